The number of thiazole rings is 1. The van der Waals surface area contributed by atoms with Crippen LogP contribution in [0, 0.1) is 0 Å². The van der Waals surface area contributed by atoms with Crippen LogP contribution >= 0.6 is 11.3 Å². The Hall–Kier alpha value is -2.24. The number of carbonyl (C=O) groups excluding carboxylic acids is 1. The van der Waals surface area contributed by atoms with Crippen LogP contribution in [0.1, 0.15) is 19.1 Å². The summed E-state index contributed by atoms with van der Waals surface area (Å²) < 4.78 is 12.2. The van der Waals surface area contributed by atoms with Crippen molar-refractivity contribution in [3.05, 3.63) is 20.0 Å². The van der Waals surface area contributed by atoms with Crippen LogP contribution in [-0.2, 0) is 14.3 Å². The van der Waals surface area contributed by atoms with E-state index in [9.17, 15) is 14.4 Å². The van der Waals surface area contributed by atoms with E-state index in [2.05, 4.69) is 9.97 Å². The Balaban J connectivity index is 1.85. The quantitative estimate of drug-likeness (QED) is 0.592. The van der Waals surface area contributed by atoms with Gasteiger partial charge >= 0.3 is 10.8 Å². The Morgan fingerprint density at radius 3 is 3.00 bits per heavy atom. The zero-order valence-electron chi connectivity index (χ0n) is 12.0. The second-order valence-corrected chi connectivity index (χ2v) is 5.98. The van der Waals surface area contributed by atoms with E-state index in [1.165, 1.54) is 4.57 Å². The topological polar surface area (TPSA) is 155 Å². The Morgan fingerprint density at radius 2 is 2.26 bits per heavy atom. The fourth-order valence-corrected chi connectivity index (χ4v) is 3.30. The average molecular weight is 341 g/mol. The number of nitrogen functional groups attached to an aromatic ring is 1. The predicted octanol–water partition coefficient (Wildman–Crippen LogP) is -1.09. The summed E-state index contributed by atoms with van der Waals surface area (Å²) in [4.78, 5) is 41.1. The third-order valence-corrected chi connectivity index (χ3v) is 4.40. The van der Waals surface area contributed by atoms with Crippen molar-refractivity contribution in [3.8, 4) is 0 Å². The van der Waals surface area contributed by atoms with Gasteiger partial charge in [0, 0.05) is 0 Å². The molecule has 2 aromatic rings. The van der Waals surface area contributed by atoms with Crippen molar-refractivity contribution in [1.29, 1.82) is 0 Å². The van der Waals surface area contributed by atoms with Gasteiger partial charge in [-0.05, 0) is 12.8 Å². The first-order chi connectivity index (χ1) is 11.0. The van der Waals surface area contributed by atoms with Crippen molar-refractivity contribution in [2.75, 3.05) is 18.9 Å². The number of nitrogens with two attached hydrogens (primary N) is 2. The van der Waals surface area contributed by atoms with Crippen molar-refractivity contribution in [1.82, 2.24) is 14.5 Å². The van der Waals surface area contributed by atoms with Crippen LogP contribution in [0.5, 0.6) is 0 Å². The summed E-state index contributed by atoms with van der Waals surface area (Å²) in [5.74, 6) is -0.586. The summed E-state index contributed by atoms with van der Waals surface area (Å²) >= 11 is 0.788. The van der Waals surface area contributed by atoms with E-state index < -0.39 is 17.8 Å². The van der Waals surface area contributed by atoms with E-state index in [0.29, 0.717) is 12.8 Å². The molecule has 0 bridgehead atoms. The second-order valence-electron chi connectivity index (χ2n) is 5.02. The molecule has 5 N–H and O–H groups in total. The Bertz CT molecular complexity index is 856. The lowest BCUT2D eigenvalue weighted by molar-refractivity contribution is -0.146. The van der Waals surface area contributed by atoms with Gasteiger partial charge < -0.3 is 20.9 Å². The number of carbonyl (C=O) groups is 1. The maximum Gasteiger partial charge on any atom is 0.319 e. The van der Waals surface area contributed by atoms with Crippen molar-refractivity contribution < 1.29 is 14.3 Å². The first-order valence-electron chi connectivity index (χ1n) is 6.91. The van der Waals surface area contributed by atoms with Crippen LogP contribution in [0.25, 0.3) is 10.3 Å². The zero-order valence-corrected chi connectivity index (χ0v) is 12.8. The molecule has 1 aliphatic heterocycles. The number of nitrogens with one attached hydrogen (secondary N) is 1. The highest BCUT2D eigenvalue weighted by Gasteiger charge is 2.30. The normalized spacial score (nSPS) is 20.9. The van der Waals surface area contributed by atoms with Gasteiger partial charge in [0.1, 0.15) is 17.5 Å². The average Bonchev–Trinajstić information content (AvgIpc) is 3.08. The summed E-state index contributed by atoms with van der Waals surface area (Å²) in [7, 11) is 0. The Labute approximate surface area is 133 Å². The van der Waals surface area contributed by atoms with Crippen LogP contribution < -0.4 is 21.9 Å². The number of aromatic nitrogens is 3. The number of hydrogen-bond donors (Lipinski definition) is 3. The molecule has 0 saturated carbocycles. The maximum absolute atomic E-state index is 12.2. The van der Waals surface area contributed by atoms with E-state index in [-0.39, 0.29) is 40.4 Å². The molecule has 1 fully saturated rings. The second kappa shape index (κ2) is 6.10. The fraction of sp³-hybridized carbons (Fsp3) is 0.500. The van der Waals surface area contributed by atoms with Gasteiger partial charge in [-0.15, -0.1) is 0 Å². The van der Waals surface area contributed by atoms with E-state index in [1.54, 1.807) is 0 Å². The van der Waals surface area contributed by atoms with Crippen LogP contribution in [-0.4, -0.2) is 39.8 Å². The SMILES string of the molecule is NCC(=O)OCC1CCC(n2c(=O)sc3c(=O)[nH]c(N)nc32)O1. The molecule has 124 valence electrons. The molecule has 3 heterocycles. The molecule has 0 aromatic carbocycles. The van der Waals surface area contributed by atoms with Crippen molar-refractivity contribution in [3.63, 3.8) is 0 Å². The predicted molar refractivity (Wildman–Crippen MR) is 82.1 cm³/mol. The van der Waals surface area contributed by atoms with Crippen LogP contribution in [0.15, 0.2) is 9.59 Å². The van der Waals surface area contributed by atoms with Gasteiger partial charge in [0.25, 0.3) is 5.56 Å². The minimum atomic E-state index is -0.577. The van der Waals surface area contributed by atoms with E-state index in [0.717, 1.165) is 11.3 Å². The van der Waals surface area contributed by atoms with E-state index in [1.807, 2.05) is 0 Å². The van der Waals surface area contributed by atoms with Crippen molar-refractivity contribution in [2.45, 2.75) is 25.2 Å². The van der Waals surface area contributed by atoms with E-state index >= 15 is 0 Å². The molecule has 0 radical (unpaired) electrons. The highest BCUT2D eigenvalue weighted by molar-refractivity contribution is 7.16. The maximum atomic E-state index is 12.2. The number of anilines is 1. The zero-order chi connectivity index (χ0) is 16.6. The summed E-state index contributed by atoms with van der Waals surface area (Å²) in [5.41, 5.74) is 10.4. The minimum Gasteiger partial charge on any atom is -0.462 e. The standard InChI is InChI=1S/C12H15N5O5S/c13-3-7(18)21-4-5-1-2-6(22-5)17-9-8(23-12(17)20)10(19)16-11(14)15-9/h5-6H,1-4,13H2,(H3,14,15,16,19). The number of H-pyrrole nitrogens is 1. The van der Waals surface area contributed by atoms with E-state index in [4.69, 9.17) is 20.9 Å². The molecule has 0 aliphatic carbocycles. The molecule has 3 rings (SSSR count). The molecular formula is C12H15N5O5S. The molecule has 1 saturated heterocycles. The molecule has 0 spiro atoms. The summed E-state index contributed by atoms with van der Waals surface area (Å²) in [6, 6.07) is 0. The monoisotopic (exact) mass is 341 g/mol. The van der Waals surface area contributed by atoms with Crippen molar-refractivity contribution in [2.24, 2.45) is 5.73 Å². The van der Waals surface area contributed by atoms with Gasteiger partial charge in [-0.1, -0.05) is 11.3 Å². The summed E-state index contributed by atoms with van der Waals surface area (Å²) in [6.07, 6.45) is 0.221. The molecule has 2 unspecified atom stereocenters. The number of fused-ring (bicyclic) bond motifs is 1. The van der Waals surface area contributed by atoms with Gasteiger partial charge in [0.05, 0.1) is 12.6 Å². The molecule has 23 heavy (non-hydrogen) atoms. The van der Waals surface area contributed by atoms with Gasteiger partial charge in [0.2, 0.25) is 5.95 Å². The highest BCUT2D eigenvalue weighted by atomic mass is 32.1. The highest BCUT2D eigenvalue weighted by Crippen LogP contribution is 2.30. The number of nitrogens with zero attached hydrogens (tertiary/aromatic N) is 2. The number of rotatable bonds is 4. The molecule has 10 nitrogen and oxygen atoms in total. The fourth-order valence-electron chi connectivity index (χ4n) is 2.44. The third kappa shape index (κ3) is 2.98. The smallest absolute Gasteiger partial charge is 0.319 e. The lowest BCUT2D eigenvalue weighted by Gasteiger charge is -2.14. The summed E-state index contributed by atoms with van der Waals surface area (Å²) in [6.45, 7) is -0.129. The van der Waals surface area contributed by atoms with Gasteiger partial charge in [-0.25, -0.2) is 0 Å². The van der Waals surface area contributed by atoms with Gasteiger partial charge in [0.15, 0.2) is 5.65 Å². The lowest BCUT2D eigenvalue weighted by Crippen LogP contribution is -2.25. The van der Waals surface area contributed by atoms with Gasteiger partial charge in [-0.3, -0.25) is 23.9 Å². The molecule has 1 aliphatic rings. The largest absolute Gasteiger partial charge is 0.462 e. The molecule has 0 amide bonds. The number of hydrogen-bond acceptors (Lipinski definition) is 9. The molecule has 11 heteroatoms. The summed E-state index contributed by atoms with van der Waals surface area (Å²) in [5, 5.41) is 0. The number of ether oxygens (including phenoxy) is 2. The molecule has 2 aromatic heterocycles. The first kappa shape index (κ1) is 15.6. The molecule has 2 atom stereocenters. The third-order valence-electron chi connectivity index (χ3n) is 3.46. The lowest BCUT2D eigenvalue weighted by atomic mass is 10.2. The minimum absolute atomic E-state index is 0.0690. The van der Waals surface area contributed by atoms with Crippen LogP contribution in [0.4, 0.5) is 5.95 Å². The van der Waals surface area contributed by atoms with Gasteiger partial charge in [-0.2, -0.15) is 4.98 Å². The van der Waals surface area contributed by atoms with Crippen LogP contribution in [0.2, 0.25) is 0 Å². The molecular weight excluding hydrogens is 326 g/mol. The van der Waals surface area contributed by atoms with Crippen LogP contribution in [0.3, 0.4) is 0 Å². The number of aromatic amines is 1. The van der Waals surface area contributed by atoms with Crippen molar-refractivity contribution >= 4 is 33.6 Å². The Morgan fingerprint density at radius 1 is 1.48 bits per heavy atom. The number of esters is 1. The Kier molecular flexibility index (Phi) is 4.15. The first-order valence-corrected chi connectivity index (χ1v) is 7.73.